The van der Waals surface area contributed by atoms with E-state index in [0.29, 0.717) is 10.0 Å². The number of hydrogen-bond acceptors (Lipinski definition) is 2. The van der Waals surface area contributed by atoms with Crippen LogP contribution in [-0.4, -0.2) is 6.61 Å². The van der Waals surface area contributed by atoms with Crippen LogP contribution >= 0.6 is 23.2 Å². The molecule has 0 fully saturated rings. The van der Waals surface area contributed by atoms with Gasteiger partial charge in [-0.2, -0.15) is 0 Å². The zero-order valence-electron chi connectivity index (χ0n) is 10.2. The maximum absolute atomic E-state index is 6.30. The first-order valence-corrected chi connectivity index (χ1v) is 6.87. The molecule has 0 saturated carbocycles. The minimum atomic E-state index is -0.280. The van der Waals surface area contributed by atoms with E-state index in [-0.39, 0.29) is 6.04 Å². The van der Waals surface area contributed by atoms with E-state index in [1.807, 2.05) is 18.2 Å². The van der Waals surface area contributed by atoms with Crippen molar-refractivity contribution in [2.45, 2.75) is 12.5 Å². The second-order valence-corrected chi connectivity index (χ2v) is 5.45. The summed E-state index contributed by atoms with van der Waals surface area (Å²) in [6.07, 6.45) is 0.930. The summed E-state index contributed by atoms with van der Waals surface area (Å²) in [5.74, 6) is 0.952. The van der Waals surface area contributed by atoms with Crippen LogP contribution in [0.25, 0.3) is 0 Å². The largest absolute Gasteiger partial charge is 0.493 e. The van der Waals surface area contributed by atoms with Crippen LogP contribution in [0, 0.1) is 0 Å². The molecule has 0 radical (unpaired) electrons. The molecule has 2 N–H and O–H groups in total. The summed E-state index contributed by atoms with van der Waals surface area (Å²) in [4.78, 5) is 0. The number of benzene rings is 2. The van der Waals surface area contributed by atoms with Crippen LogP contribution in [0.15, 0.2) is 36.4 Å². The number of nitrogens with two attached hydrogens (primary N) is 1. The average Bonchev–Trinajstić information content (AvgIpc) is 2.88. The number of ether oxygens (including phenoxy) is 1. The monoisotopic (exact) mass is 293 g/mol. The lowest BCUT2D eigenvalue weighted by molar-refractivity contribution is 0.357. The molecular weight excluding hydrogens is 281 g/mol. The summed E-state index contributed by atoms with van der Waals surface area (Å²) in [5, 5.41) is 1.27. The molecule has 0 bridgehead atoms. The molecule has 2 aromatic carbocycles. The van der Waals surface area contributed by atoms with Gasteiger partial charge in [-0.15, -0.1) is 0 Å². The molecule has 2 aromatic rings. The lowest BCUT2D eigenvalue weighted by Crippen LogP contribution is -2.12. The smallest absolute Gasteiger partial charge is 0.122 e. The molecule has 1 aliphatic heterocycles. The summed E-state index contributed by atoms with van der Waals surface area (Å²) in [6.45, 7) is 0.742. The Morgan fingerprint density at radius 3 is 2.79 bits per heavy atom. The van der Waals surface area contributed by atoms with Crippen LogP contribution in [0.3, 0.4) is 0 Å². The number of halogens is 2. The fourth-order valence-electron chi connectivity index (χ4n) is 2.33. The van der Waals surface area contributed by atoms with E-state index in [1.54, 1.807) is 12.1 Å². The first-order chi connectivity index (χ1) is 9.15. The molecule has 0 unspecified atom stereocenters. The molecule has 0 aliphatic carbocycles. The van der Waals surface area contributed by atoms with Crippen molar-refractivity contribution in [3.8, 4) is 5.75 Å². The molecule has 1 heterocycles. The maximum Gasteiger partial charge on any atom is 0.122 e. The molecule has 0 amide bonds. The highest BCUT2D eigenvalue weighted by molar-refractivity contribution is 6.33. The molecule has 0 spiro atoms. The van der Waals surface area contributed by atoms with E-state index in [2.05, 4.69) is 6.07 Å². The van der Waals surface area contributed by atoms with Crippen molar-refractivity contribution in [1.82, 2.24) is 0 Å². The SMILES string of the molecule is N[C@H](c1ccc2c(c1)CCO2)c1cc(Cl)ccc1Cl. The topological polar surface area (TPSA) is 35.2 Å². The van der Waals surface area contributed by atoms with E-state index < -0.39 is 0 Å². The third-order valence-corrected chi connectivity index (χ3v) is 3.95. The maximum atomic E-state index is 6.30. The molecule has 4 heteroatoms. The predicted octanol–water partition coefficient (Wildman–Crippen LogP) is 3.98. The van der Waals surface area contributed by atoms with Gasteiger partial charge in [0.05, 0.1) is 12.6 Å². The van der Waals surface area contributed by atoms with Crippen molar-refractivity contribution >= 4 is 23.2 Å². The van der Waals surface area contributed by atoms with Gasteiger partial charge in [-0.05, 0) is 41.0 Å². The van der Waals surface area contributed by atoms with Crippen LogP contribution < -0.4 is 10.5 Å². The summed E-state index contributed by atoms with van der Waals surface area (Å²) >= 11 is 12.2. The van der Waals surface area contributed by atoms with Gasteiger partial charge in [0.2, 0.25) is 0 Å². The molecule has 98 valence electrons. The van der Waals surface area contributed by atoms with Gasteiger partial charge in [0, 0.05) is 16.5 Å². The Balaban J connectivity index is 1.99. The van der Waals surface area contributed by atoms with Crippen molar-refractivity contribution in [1.29, 1.82) is 0 Å². The third kappa shape index (κ3) is 2.44. The van der Waals surface area contributed by atoms with Gasteiger partial charge in [0.15, 0.2) is 0 Å². The normalized spacial score (nSPS) is 14.9. The Morgan fingerprint density at radius 1 is 1.11 bits per heavy atom. The van der Waals surface area contributed by atoms with Gasteiger partial charge in [0.25, 0.3) is 0 Å². The van der Waals surface area contributed by atoms with Gasteiger partial charge in [-0.25, -0.2) is 0 Å². The van der Waals surface area contributed by atoms with Crippen LogP contribution in [0.2, 0.25) is 10.0 Å². The fraction of sp³-hybridized carbons (Fsp3) is 0.200. The Bertz CT molecular complexity index is 628. The molecule has 1 aliphatic rings. The van der Waals surface area contributed by atoms with Crippen molar-refractivity contribution < 1.29 is 4.74 Å². The summed E-state index contributed by atoms with van der Waals surface area (Å²) in [6, 6.07) is 11.1. The molecular formula is C15H13Cl2NO. The highest BCUT2D eigenvalue weighted by Gasteiger charge is 2.17. The zero-order chi connectivity index (χ0) is 13.4. The summed E-state index contributed by atoms with van der Waals surface area (Å²) in [7, 11) is 0. The van der Waals surface area contributed by atoms with Gasteiger partial charge in [-0.3, -0.25) is 0 Å². The molecule has 0 aromatic heterocycles. The first-order valence-electron chi connectivity index (χ1n) is 6.11. The lowest BCUT2D eigenvalue weighted by atomic mass is 9.97. The third-order valence-electron chi connectivity index (χ3n) is 3.37. The van der Waals surface area contributed by atoms with Gasteiger partial charge in [-0.1, -0.05) is 35.3 Å². The molecule has 3 rings (SSSR count). The molecule has 19 heavy (non-hydrogen) atoms. The molecule has 0 saturated heterocycles. The predicted molar refractivity (Wildman–Crippen MR) is 78.1 cm³/mol. The van der Waals surface area contributed by atoms with Crippen LogP contribution in [0.5, 0.6) is 5.75 Å². The van der Waals surface area contributed by atoms with Gasteiger partial charge >= 0.3 is 0 Å². The number of fused-ring (bicyclic) bond motifs is 1. The minimum absolute atomic E-state index is 0.280. The van der Waals surface area contributed by atoms with Crippen LogP contribution in [0.4, 0.5) is 0 Å². The Kier molecular flexibility index (Phi) is 3.40. The van der Waals surface area contributed by atoms with E-state index in [0.717, 1.165) is 29.9 Å². The zero-order valence-corrected chi connectivity index (χ0v) is 11.7. The van der Waals surface area contributed by atoms with E-state index >= 15 is 0 Å². The second kappa shape index (κ2) is 5.04. The Labute approximate surface area is 122 Å². The average molecular weight is 294 g/mol. The van der Waals surface area contributed by atoms with E-state index in [1.165, 1.54) is 5.56 Å². The Morgan fingerprint density at radius 2 is 1.95 bits per heavy atom. The van der Waals surface area contributed by atoms with E-state index in [4.69, 9.17) is 33.7 Å². The number of rotatable bonds is 2. The van der Waals surface area contributed by atoms with Crippen LogP contribution in [-0.2, 0) is 6.42 Å². The van der Waals surface area contributed by atoms with Gasteiger partial charge in [0.1, 0.15) is 5.75 Å². The summed E-state index contributed by atoms with van der Waals surface area (Å²) < 4.78 is 5.49. The minimum Gasteiger partial charge on any atom is -0.493 e. The van der Waals surface area contributed by atoms with Crippen molar-refractivity contribution in [2.75, 3.05) is 6.61 Å². The standard InChI is InChI=1S/C15H13Cl2NO/c16-11-2-3-13(17)12(8-11)15(18)10-1-4-14-9(7-10)5-6-19-14/h1-4,7-8,15H,5-6,18H2/t15-/m1/s1. The lowest BCUT2D eigenvalue weighted by Gasteiger charge is -2.15. The molecule has 2 nitrogen and oxygen atoms in total. The highest BCUT2D eigenvalue weighted by atomic mass is 35.5. The number of hydrogen-bond donors (Lipinski definition) is 1. The molecule has 1 atom stereocenters. The van der Waals surface area contributed by atoms with Crippen LogP contribution in [0.1, 0.15) is 22.7 Å². The quantitative estimate of drug-likeness (QED) is 0.909. The van der Waals surface area contributed by atoms with Crippen molar-refractivity contribution in [3.05, 3.63) is 63.1 Å². The van der Waals surface area contributed by atoms with Gasteiger partial charge < -0.3 is 10.5 Å². The van der Waals surface area contributed by atoms with Crippen molar-refractivity contribution in [3.63, 3.8) is 0 Å². The fourth-order valence-corrected chi connectivity index (χ4v) is 2.75. The summed E-state index contributed by atoms with van der Waals surface area (Å²) in [5.41, 5.74) is 9.36. The van der Waals surface area contributed by atoms with Crippen molar-refractivity contribution in [2.24, 2.45) is 5.73 Å². The first kappa shape index (κ1) is 12.8. The highest BCUT2D eigenvalue weighted by Crippen LogP contribution is 2.32. The second-order valence-electron chi connectivity index (χ2n) is 4.61. The van der Waals surface area contributed by atoms with E-state index in [9.17, 15) is 0 Å². The Hall–Kier alpha value is -1.22.